The summed E-state index contributed by atoms with van der Waals surface area (Å²) in [6.07, 6.45) is 2.59. The van der Waals surface area contributed by atoms with Crippen molar-refractivity contribution >= 4 is 28.4 Å². The number of amides is 1. The Balaban J connectivity index is 1.64. The Morgan fingerprint density at radius 3 is 2.79 bits per heavy atom. The summed E-state index contributed by atoms with van der Waals surface area (Å²) in [6, 6.07) is 1.70. The first kappa shape index (κ1) is 21.5. The normalized spacial score (nSPS) is 19.0. The molecule has 4 heterocycles. The molecule has 1 atom stereocenters. The maximum absolute atomic E-state index is 13.5. The number of hydrogen-bond donors (Lipinski definition) is 2. The molecule has 8 nitrogen and oxygen atoms in total. The van der Waals surface area contributed by atoms with Crippen LogP contribution in [0.25, 0.3) is 22.3 Å². The molecule has 1 aliphatic heterocycles. The van der Waals surface area contributed by atoms with Gasteiger partial charge in [-0.1, -0.05) is 0 Å². The van der Waals surface area contributed by atoms with Crippen LogP contribution < -0.4 is 15.5 Å². The number of pyridine rings is 2. The molecule has 33 heavy (non-hydrogen) atoms. The molecule has 2 aliphatic rings. The Bertz CT molecular complexity index is 1210. The van der Waals surface area contributed by atoms with Crippen LogP contribution >= 0.6 is 0 Å². The minimum atomic E-state index is -4.36. The Hall–Kier alpha value is -3.34. The van der Waals surface area contributed by atoms with Crippen molar-refractivity contribution < 1.29 is 18.0 Å². The van der Waals surface area contributed by atoms with Gasteiger partial charge in [-0.3, -0.25) is 9.78 Å². The lowest BCUT2D eigenvalue weighted by Gasteiger charge is -2.36. The van der Waals surface area contributed by atoms with Crippen LogP contribution in [0.3, 0.4) is 0 Å². The molecular formula is C22H22F3N7O. The molecule has 0 spiro atoms. The molecule has 1 amide bonds. The van der Waals surface area contributed by atoms with E-state index in [0.29, 0.717) is 41.0 Å². The third kappa shape index (κ3) is 4.45. The van der Waals surface area contributed by atoms with Crippen LogP contribution in [-0.2, 0) is 4.79 Å². The monoisotopic (exact) mass is 457 g/mol. The average molecular weight is 457 g/mol. The number of nitrogens with zero attached hydrogens (tertiary/aromatic N) is 5. The highest BCUT2D eigenvalue weighted by molar-refractivity contribution is 5.94. The zero-order valence-electron chi connectivity index (χ0n) is 17.9. The lowest BCUT2D eigenvalue weighted by Crippen LogP contribution is -2.57. The smallest absolute Gasteiger partial charge is 0.353 e. The van der Waals surface area contributed by atoms with E-state index in [-0.39, 0.29) is 19.0 Å². The molecule has 172 valence electrons. The Labute approximate surface area is 187 Å². The number of hydrogen-bond acceptors (Lipinski definition) is 7. The van der Waals surface area contributed by atoms with Crippen LogP contribution in [0.5, 0.6) is 0 Å². The first-order chi connectivity index (χ1) is 15.8. The summed E-state index contributed by atoms with van der Waals surface area (Å²) in [7, 11) is 0. The van der Waals surface area contributed by atoms with Gasteiger partial charge in [0.15, 0.2) is 5.82 Å². The summed E-state index contributed by atoms with van der Waals surface area (Å²) in [5.41, 5.74) is 2.15. The minimum Gasteiger partial charge on any atom is -0.353 e. The highest BCUT2D eigenvalue weighted by Crippen LogP contribution is 2.45. The van der Waals surface area contributed by atoms with Gasteiger partial charge in [0.05, 0.1) is 11.7 Å². The van der Waals surface area contributed by atoms with Crippen molar-refractivity contribution in [2.75, 3.05) is 29.9 Å². The number of rotatable bonds is 4. The Morgan fingerprint density at radius 1 is 1.24 bits per heavy atom. The quantitative estimate of drug-likeness (QED) is 0.621. The molecule has 0 aromatic carbocycles. The summed E-state index contributed by atoms with van der Waals surface area (Å²) in [4.78, 5) is 31.0. The topological polar surface area (TPSA) is 95.9 Å². The summed E-state index contributed by atoms with van der Waals surface area (Å²) in [5.74, 6) is 1.21. The lowest BCUT2D eigenvalue weighted by molar-refractivity contribution is -0.155. The largest absolute Gasteiger partial charge is 0.405 e. The Kier molecular flexibility index (Phi) is 5.35. The molecule has 11 heteroatoms. The predicted molar refractivity (Wildman–Crippen MR) is 117 cm³/mol. The van der Waals surface area contributed by atoms with Gasteiger partial charge in [0.2, 0.25) is 5.91 Å². The third-order valence-corrected chi connectivity index (χ3v) is 5.83. The van der Waals surface area contributed by atoms with Gasteiger partial charge in [0, 0.05) is 49.9 Å². The van der Waals surface area contributed by atoms with Gasteiger partial charge in [-0.2, -0.15) is 13.2 Å². The second-order valence-corrected chi connectivity index (χ2v) is 8.37. The van der Waals surface area contributed by atoms with Gasteiger partial charge in [-0.05, 0) is 36.5 Å². The molecular weight excluding hydrogens is 435 g/mol. The van der Waals surface area contributed by atoms with Crippen LogP contribution in [0.4, 0.5) is 24.8 Å². The number of carbonyl (C=O) groups is 1. The van der Waals surface area contributed by atoms with Gasteiger partial charge in [-0.15, -0.1) is 0 Å². The summed E-state index contributed by atoms with van der Waals surface area (Å²) >= 11 is 0. The fraction of sp³-hybridized carbons (Fsp3) is 0.409. The fourth-order valence-electron chi connectivity index (χ4n) is 4.13. The lowest BCUT2D eigenvalue weighted by atomic mass is 10.1. The fourth-order valence-corrected chi connectivity index (χ4v) is 4.13. The van der Waals surface area contributed by atoms with Crippen LogP contribution in [0.15, 0.2) is 30.7 Å². The van der Waals surface area contributed by atoms with E-state index in [4.69, 9.17) is 4.98 Å². The maximum atomic E-state index is 13.5. The van der Waals surface area contributed by atoms with Crippen molar-refractivity contribution in [2.45, 2.75) is 37.9 Å². The standard InChI is InChI=1S/C22H22F3N7O/c1-12(33)29-18-8-14(4-5-28-18)20-30-16-10-26-9-15(13-2-3-13)19(16)21(31-20)32-7-6-27-17(11-32)22(23,24)25/h4-5,8-10,13,17,27H,2-3,6-7,11H2,1H3,(H,28,29,33). The van der Waals surface area contributed by atoms with Crippen molar-refractivity contribution in [1.29, 1.82) is 0 Å². The van der Waals surface area contributed by atoms with E-state index >= 15 is 0 Å². The van der Waals surface area contributed by atoms with Crippen LogP contribution in [0.2, 0.25) is 0 Å². The second kappa shape index (κ2) is 8.22. The van der Waals surface area contributed by atoms with Crippen molar-refractivity contribution in [3.63, 3.8) is 0 Å². The van der Waals surface area contributed by atoms with Crippen LogP contribution in [-0.4, -0.2) is 57.7 Å². The van der Waals surface area contributed by atoms with Gasteiger partial charge in [0.25, 0.3) is 0 Å². The van der Waals surface area contributed by atoms with E-state index in [2.05, 4.69) is 25.6 Å². The third-order valence-electron chi connectivity index (χ3n) is 5.83. The summed E-state index contributed by atoms with van der Waals surface area (Å²) < 4.78 is 40.4. The van der Waals surface area contributed by atoms with Crippen molar-refractivity contribution in [3.05, 3.63) is 36.3 Å². The zero-order chi connectivity index (χ0) is 23.2. The van der Waals surface area contributed by atoms with Crippen molar-refractivity contribution in [2.24, 2.45) is 0 Å². The number of fused-ring (bicyclic) bond motifs is 1. The summed E-state index contributed by atoms with van der Waals surface area (Å²) in [5, 5.41) is 5.94. The molecule has 5 rings (SSSR count). The second-order valence-electron chi connectivity index (χ2n) is 8.37. The van der Waals surface area contributed by atoms with Gasteiger partial charge in [-0.25, -0.2) is 15.0 Å². The first-order valence-corrected chi connectivity index (χ1v) is 10.7. The maximum Gasteiger partial charge on any atom is 0.405 e. The molecule has 3 aromatic rings. The molecule has 1 unspecified atom stereocenters. The first-order valence-electron chi connectivity index (χ1n) is 10.7. The molecule has 2 N–H and O–H groups in total. The van der Waals surface area contributed by atoms with Gasteiger partial charge in [0.1, 0.15) is 17.7 Å². The number of piperazine rings is 1. The van der Waals surface area contributed by atoms with Crippen molar-refractivity contribution in [3.8, 4) is 11.4 Å². The molecule has 1 saturated carbocycles. The molecule has 3 aromatic heterocycles. The Morgan fingerprint density at radius 2 is 2.06 bits per heavy atom. The van der Waals surface area contributed by atoms with E-state index in [1.54, 1.807) is 29.4 Å². The van der Waals surface area contributed by atoms with Gasteiger partial charge >= 0.3 is 6.18 Å². The molecule has 0 bridgehead atoms. The number of carbonyl (C=O) groups excluding carboxylic acids is 1. The summed E-state index contributed by atoms with van der Waals surface area (Å²) in [6.45, 7) is 1.72. The van der Waals surface area contributed by atoms with E-state index in [1.165, 1.54) is 13.1 Å². The molecule has 1 saturated heterocycles. The molecule has 1 aliphatic carbocycles. The number of alkyl halides is 3. The minimum absolute atomic E-state index is 0.191. The van der Waals surface area contributed by atoms with E-state index in [0.717, 1.165) is 23.8 Å². The van der Waals surface area contributed by atoms with E-state index < -0.39 is 12.2 Å². The molecule has 2 fully saturated rings. The number of aromatic nitrogens is 4. The highest BCUT2D eigenvalue weighted by atomic mass is 19.4. The number of anilines is 2. The van der Waals surface area contributed by atoms with Gasteiger partial charge < -0.3 is 15.5 Å². The highest BCUT2D eigenvalue weighted by Gasteiger charge is 2.42. The zero-order valence-corrected chi connectivity index (χ0v) is 17.9. The number of halogens is 3. The van der Waals surface area contributed by atoms with Crippen LogP contribution in [0.1, 0.15) is 31.2 Å². The molecule has 0 radical (unpaired) electrons. The average Bonchev–Trinajstić information content (AvgIpc) is 3.62. The van der Waals surface area contributed by atoms with E-state index in [9.17, 15) is 18.0 Å². The van der Waals surface area contributed by atoms with E-state index in [1.807, 2.05) is 0 Å². The SMILES string of the molecule is CC(=O)Nc1cc(-c2nc(N3CCNC(C(F)(F)F)C3)c3c(C4CC4)cncc3n2)ccn1. The number of nitrogens with one attached hydrogen (secondary N) is 2. The van der Waals surface area contributed by atoms with Crippen molar-refractivity contribution in [1.82, 2.24) is 25.3 Å². The predicted octanol–water partition coefficient (Wildman–Crippen LogP) is 3.26. The van der Waals surface area contributed by atoms with Crippen LogP contribution in [0, 0.1) is 0 Å².